The highest BCUT2D eigenvalue weighted by Crippen LogP contribution is 2.31. The van der Waals surface area contributed by atoms with E-state index in [0.29, 0.717) is 6.54 Å². The van der Waals surface area contributed by atoms with Crippen molar-refractivity contribution in [2.75, 3.05) is 49.6 Å². The minimum Gasteiger partial charge on any atom is -0.378 e. The highest BCUT2D eigenvalue weighted by molar-refractivity contribution is 7.22. The lowest BCUT2D eigenvalue weighted by Crippen LogP contribution is -2.36. The number of nitrogens with zero attached hydrogens (tertiary/aromatic N) is 2. The minimum atomic E-state index is 0.00733. The largest absolute Gasteiger partial charge is 0.378 e. The second kappa shape index (κ2) is 7.04. The summed E-state index contributed by atoms with van der Waals surface area (Å²) in [6.45, 7) is 4.60. The van der Waals surface area contributed by atoms with E-state index in [4.69, 9.17) is 9.72 Å². The van der Waals surface area contributed by atoms with Gasteiger partial charge in [0.2, 0.25) is 5.91 Å². The normalized spacial score (nSPS) is 18.1. The third kappa shape index (κ3) is 3.85. The van der Waals surface area contributed by atoms with Crippen LogP contribution in [0.5, 0.6) is 0 Å². The van der Waals surface area contributed by atoms with Gasteiger partial charge in [-0.1, -0.05) is 11.3 Å². The Morgan fingerprint density at radius 1 is 1.33 bits per heavy atom. The van der Waals surface area contributed by atoms with E-state index in [9.17, 15) is 4.79 Å². The Hall–Kier alpha value is -1.70. The predicted molar refractivity (Wildman–Crippen MR) is 96.9 cm³/mol. The zero-order chi connectivity index (χ0) is 16.4. The van der Waals surface area contributed by atoms with E-state index >= 15 is 0 Å². The standard InChI is InChI=1S/C17H22N4O2S/c22-16(11-18-10-12-1-2-12)19-13-3-4-14-15(9-13)24-17(20-14)21-5-7-23-8-6-21/h3-4,9,12,18H,1-2,5-8,10-11H2,(H,19,22). The van der Waals surface area contributed by atoms with Gasteiger partial charge in [0.05, 0.1) is 30.0 Å². The summed E-state index contributed by atoms with van der Waals surface area (Å²) in [6.07, 6.45) is 2.59. The molecule has 0 unspecified atom stereocenters. The molecule has 2 heterocycles. The van der Waals surface area contributed by atoms with Crippen LogP contribution in [-0.4, -0.2) is 50.3 Å². The molecule has 1 aromatic heterocycles. The van der Waals surface area contributed by atoms with E-state index < -0.39 is 0 Å². The first-order chi connectivity index (χ1) is 11.8. The molecule has 1 aliphatic heterocycles. The summed E-state index contributed by atoms with van der Waals surface area (Å²) in [5.41, 5.74) is 1.81. The average molecular weight is 346 g/mol. The van der Waals surface area contributed by atoms with Gasteiger partial charge in [-0.05, 0) is 43.5 Å². The van der Waals surface area contributed by atoms with Crippen LogP contribution in [0.25, 0.3) is 10.2 Å². The second-order valence-electron chi connectivity index (χ2n) is 6.40. The lowest BCUT2D eigenvalue weighted by molar-refractivity contribution is -0.115. The van der Waals surface area contributed by atoms with Crippen LogP contribution in [0.1, 0.15) is 12.8 Å². The van der Waals surface area contributed by atoms with Gasteiger partial charge < -0.3 is 20.3 Å². The van der Waals surface area contributed by atoms with Gasteiger partial charge in [0.15, 0.2) is 5.13 Å². The van der Waals surface area contributed by atoms with E-state index in [1.165, 1.54) is 12.8 Å². The van der Waals surface area contributed by atoms with E-state index in [0.717, 1.165) is 59.8 Å². The Morgan fingerprint density at radius 2 is 2.17 bits per heavy atom. The Labute approximate surface area is 145 Å². The van der Waals surface area contributed by atoms with Crippen molar-refractivity contribution in [3.63, 3.8) is 0 Å². The summed E-state index contributed by atoms with van der Waals surface area (Å²) in [6, 6.07) is 5.91. The van der Waals surface area contributed by atoms with Crippen LogP contribution < -0.4 is 15.5 Å². The van der Waals surface area contributed by atoms with Crippen molar-refractivity contribution in [1.29, 1.82) is 0 Å². The van der Waals surface area contributed by atoms with Gasteiger partial charge in [0, 0.05) is 18.8 Å². The van der Waals surface area contributed by atoms with Gasteiger partial charge in [-0.25, -0.2) is 4.98 Å². The fraction of sp³-hybridized carbons (Fsp3) is 0.529. The van der Waals surface area contributed by atoms with Crippen molar-refractivity contribution in [3.05, 3.63) is 18.2 Å². The van der Waals surface area contributed by atoms with Crippen molar-refractivity contribution in [3.8, 4) is 0 Å². The molecule has 4 rings (SSSR count). The molecule has 2 N–H and O–H groups in total. The molecule has 0 bridgehead atoms. The zero-order valence-electron chi connectivity index (χ0n) is 13.6. The number of carbonyl (C=O) groups excluding carboxylic acids is 1. The molecule has 24 heavy (non-hydrogen) atoms. The maximum absolute atomic E-state index is 12.0. The van der Waals surface area contributed by atoms with Crippen LogP contribution in [0.3, 0.4) is 0 Å². The summed E-state index contributed by atoms with van der Waals surface area (Å²) in [5, 5.41) is 7.20. The summed E-state index contributed by atoms with van der Waals surface area (Å²) in [4.78, 5) is 18.9. The number of nitrogens with one attached hydrogen (secondary N) is 2. The highest BCUT2D eigenvalue weighted by Gasteiger charge is 2.20. The van der Waals surface area contributed by atoms with Crippen LogP contribution >= 0.6 is 11.3 Å². The molecule has 7 heteroatoms. The molecular formula is C17H22N4O2S. The molecule has 2 aliphatic rings. The number of rotatable bonds is 6. The van der Waals surface area contributed by atoms with Gasteiger partial charge in [0.25, 0.3) is 0 Å². The van der Waals surface area contributed by atoms with Crippen molar-refractivity contribution in [2.45, 2.75) is 12.8 Å². The topological polar surface area (TPSA) is 66.5 Å². The molecule has 0 radical (unpaired) electrons. The molecule has 1 aliphatic carbocycles. The number of morpholine rings is 1. The van der Waals surface area contributed by atoms with Crippen molar-refractivity contribution >= 4 is 38.3 Å². The zero-order valence-corrected chi connectivity index (χ0v) is 14.4. The molecule has 1 saturated heterocycles. The number of hydrogen-bond donors (Lipinski definition) is 2. The SMILES string of the molecule is O=C(CNCC1CC1)Nc1ccc2nc(N3CCOCC3)sc2c1. The van der Waals surface area contributed by atoms with Crippen molar-refractivity contribution in [1.82, 2.24) is 10.3 Å². The van der Waals surface area contributed by atoms with Gasteiger partial charge >= 0.3 is 0 Å². The molecular weight excluding hydrogens is 324 g/mol. The Balaban J connectivity index is 1.39. The van der Waals surface area contributed by atoms with Crippen LogP contribution in [-0.2, 0) is 9.53 Å². The first kappa shape index (κ1) is 15.8. The Morgan fingerprint density at radius 3 is 2.96 bits per heavy atom. The van der Waals surface area contributed by atoms with Gasteiger partial charge in [-0.15, -0.1) is 0 Å². The average Bonchev–Trinajstić information content (AvgIpc) is 3.32. The minimum absolute atomic E-state index is 0.00733. The number of amides is 1. The van der Waals surface area contributed by atoms with Gasteiger partial charge in [-0.3, -0.25) is 4.79 Å². The molecule has 1 amide bonds. The molecule has 1 saturated carbocycles. The number of hydrogen-bond acceptors (Lipinski definition) is 6. The molecule has 128 valence electrons. The first-order valence-corrected chi connectivity index (χ1v) is 9.33. The molecule has 2 fully saturated rings. The van der Waals surface area contributed by atoms with Crippen LogP contribution in [0, 0.1) is 5.92 Å². The summed E-state index contributed by atoms with van der Waals surface area (Å²) in [7, 11) is 0. The highest BCUT2D eigenvalue weighted by atomic mass is 32.1. The van der Waals surface area contributed by atoms with E-state index in [-0.39, 0.29) is 5.91 Å². The molecule has 0 spiro atoms. The van der Waals surface area contributed by atoms with Crippen LogP contribution in [0.15, 0.2) is 18.2 Å². The Kier molecular flexibility index (Phi) is 4.64. The lowest BCUT2D eigenvalue weighted by atomic mass is 10.3. The predicted octanol–water partition coefficient (Wildman–Crippen LogP) is 2.07. The molecule has 6 nitrogen and oxygen atoms in total. The maximum Gasteiger partial charge on any atom is 0.238 e. The second-order valence-corrected chi connectivity index (χ2v) is 7.41. The van der Waals surface area contributed by atoms with E-state index in [1.54, 1.807) is 11.3 Å². The van der Waals surface area contributed by atoms with Crippen LogP contribution in [0.2, 0.25) is 0 Å². The lowest BCUT2D eigenvalue weighted by Gasteiger charge is -2.25. The first-order valence-electron chi connectivity index (χ1n) is 8.52. The van der Waals surface area contributed by atoms with E-state index in [1.807, 2.05) is 18.2 Å². The summed E-state index contributed by atoms with van der Waals surface area (Å²) < 4.78 is 6.49. The van der Waals surface area contributed by atoms with Crippen LogP contribution in [0.4, 0.5) is 10.8 Å². The fourth-order valence-corrected chi connectivity index (χ4v) is 3.85. The smallest absolute Gasteiger partial charge is 0.238 e. The van der Waals surface area contributed by atoms with Gasteiger partial charge in [-0.2, -0.15) is 0 Å². The monoisotopic (exact) mass is 346 g/mol. The number of fused-ring (bicyclic) bond motifs is 1. The number of aromatic nitrogens is 1. The number of anilines is 2. The number of thiazole rings is 1. The summed E-state index contributed by atoms with van der Waals surface area (Å²) in [5.74, 6) is 0.790. The maximum atomic E-state index is 12.0. The number of ether oxygens (including phenoxy) is 1. The molecule has 0 atom stereocenters. The molecule has 1 aromatic carbocycles. The van der Waals surface area contributed by atoms with Gasteiger partial charge in [0.1, 0.15) is 0 Å². The van der Waals surface area contributed by atoms with Crippen molar-refractivity contribution in [2.24, 2.45) is 5.92 Å². The number of benzene rings is 1. The quantitative estimate of drug-likeness (QED) is 0.838. The third-order valence-corrected chi connectivity index (χ3v) is 5.44. The van der Waals surface area contributed by atoms with E-state index in [2.05, 4.69) is 15.5 Å². The fourth-order valence-electron chi connectivity index (χ4n) is 2.80. The number of carbonyl (C=O) groups is 1. The Bertz CT molecular complexity index is 722. The third-order valence-electron chi connectivity index (χ3n) is 4.36. The van der Waals surface area contributed by atoms with Crippen molar-refractivity contribution < 1.29 is 9.53 Å². The molecule has 2 aromatic rings. The summed E-state index contributed by atoms with van der Waals surface area (Å²) >= 11 is 1.67.